The van der Waals surface area contributed by atoms with Crippen LogP contribution in [-0.2, 0) is 17.9 Å². The van der Waals surface area contributed by atoms with Gasteiger partial charge in [-0.2, -0.15) is 0 Å². The monoisotopic (exact) mass is 478 g/mol. The average Bonchev–Trinajstić information content (AvgIpc) is 3.01. The van der Waals surface area contributed by atoms with E-state index in [0.29, 0.717) is 61.8 Å². The molecule has 180 valence electrons. The van der Waals surface area contributed by atoms with E-state index in [-0.39, 0.29) is 17.6 Å². The van der Waals surface area contributed by atoms with Crippen LogP contribution in [-0.4, -0.2) is 42.2 Å². The van der Waals surface area contributed by atoms with Gasteiger partial charge in [-0.3, -0.25) is 4.79 Å². The summed E-state index contributed by atoms with van der Waals surface area (Å²) in [4.78, 5) is 15.1. The van der Waals surface area contributed by atoms with Gasteiger partial charge < -0.3 is 24.8 Å². The van der Waals surface area contributed by atoms with Gasteiger partial charge >= 0.3 is 0 Å². The molecular weight excluding hydrogens is 447 g/mol. The minimum absolute atomic E-state index is 0.0291. The highest BCUT2D eigenvalue weighted by molar-refractivity contribution is 6.32. The Labute approximate surface area is 199 Å². The van der Waals surface area contributed by atoms with Crippen LogP contribution in [0.5, 0.6) is 17.2 Å². The summed E-state index contributed by atoms with van der Waals surface area (Å²) in [6.45, 7) is 9.07. The molecule has 1 atom stereocenters. The van der Waals surface area contributed by atoms with E-state index < -0.39 is 5.82 Å². The van der Waals surface area contributed by atoms with E-state index >= 15 is 0 Å². The lowest BCUT2D eigenvalue weighted by Gasteiger charge is -2.28. The number of fused-ring (bicyclic) bond motifs is 1. The number of benzene rings is 2. The number of nitrogens with one attached hydrogen (secondary N) is 1. The highest BCUT2D eigenvalue weighted by atomic mass is 35.5. The number of halogens is 2. The molecule has 0 radical (unpaired) electrons. The van der Waals surface area contributed by atoms with E-state index in [1.165, 1.54) is 12.1 Å². The van der Waals surface area contributed by atoms with Crippen LogP contribution in [0.25, 0.3) is 0 Å². The smallest absolute Gasteiger partial charge is 0.226 e. The Morgan fingerprint density at radius 2 is 1.94 bits per heavy atom. The molecule has 8 heteroatoms. The van der Waals surface area contributed by atoms with Gasteiger partial charge in [-0.15, -0.1) is 0 Å². The van der Waals surface area contributed by atoms with Crippen molar-refractivity contribution in [1.82, 2.24) is 10.2 Å². The molecule has 3 rings (SSSR count). The summed E-state index contributed by atoms with van der Waals surface area (Å²) < 4.78 is 24.7. The molecule has 33 heavy (non-hydrogen) atoms. The Morgan fingerprint density at radius 1 is 1.18 bits per heavy atom. The fourth-order valence-corrected chi connectivity index (χ4v) is 4.06. The van der Waals surface area contributed by atoms with Gasteiger partial charge in [-0.05, 0) is 41.3 Å². The molecule has 1 unspecified atom stereocenters. The zero-order valence-electron chi connectivity index (χ0n) is 19.4. The van der Waals surface area contributed by atoms with Gasteiger partial charge in [0.05, 0.1) is 18.2 Å². The maximum absolute atomic E-state index is 13.3. The van der Waals surface area contributed by atoms with Gasteiger partial charge in [0.25, 0.3) is 0 Å². The molecule has 0 aliphatic carbocycles. The van der Waals surface area contributed by atoms with Crippen LogP contribution in [0, 0.1) is 17.7 Å². The minimum Gasteiger partial charge on any atom is -0.505 e. The van der Waals surface area contributed by atoms with Gasteiger partial charge in [0, 0.05) is 38.5 Å². The summed E-state index contributed by atoms with van der Waals surface area (Å²) in [6, 6.07) is 7.95. The zero-order valence-corrected chi connectivity index (χ0v) is 20.1. The SMILES string of the molecule is CC(C)CN(Cc1cc(Cl)c2c(c1)OCCCO2)C(=O)C(C)CNCc1ccc(F)c(O)c1. The van der Waals surface area contributed by atoms with E-state index in [4.69, 9.17) is 21.1 Å². The summed E-state index contributed by atoms with van der Waals surface area (Å²) in [5, 5.41) is 13.2. The van der Waals surface area contributed by atoms with Crippen LogP contribution < -0.4 is 14.8 Å². The molecule has 2 aromatic rings. The summed E-state index contributed by atoms with van der Waals surface area (Å²) in [6.07, 6.45) is 0.792. The number of hydrogen-bond acceptors (Lipinski definition) is 5. The molecule has 0 spiro atoms. The number of ether oxygens (including phenoxy) is 2. The number of amides is 1. The molecule has 2 N–H and O–H groups in total. The predicted octanol–water partition coefficient (Wildman–Crippen LogP) is 4.76. The van der Waals surface area contributed by atoms with E-state index in [1.807, 2.05) is 24.0 Å². The maximum atomic E-state index is 13.3. The lowest BCUT2D eigenvalue weighted by Crippen LogP contribution is -2.40. The fraction of sp³-hybridized carbons (Fsp3) is 0.480. The van der Waals surface area contributed by atoms with Gasteiger partial charge in [0.1, 0.15) is 0 Å². The quantitative estimate of drug-likeness (QED) is 0.544. The van der Waals surface area contributed by atoms with E-state index in [1.54, 1.807) is 6.07 Å². The molecule has 2 aromatic carbocycles. The number of phenolic OH excluding ortho intramolecular Hbond substituents is 1. The van der Waals surface area contributed by atoms with Crippen LogP contribution in [0.15, 0.2) is 30.3 Å². The Bertz CT molecular complexity index is 970. The number of carbonyl (C=O) groups excluding carboxylic acids is 1. The second-order valence-electron chi connectivity index (χ2n) is 8.89. The normalized spacial score (nSPS) is 14.1. The lowest BCUT2D eigenvalue weighted by atomic mass is 10.1. The van der Waals surface area contributed by atoms with Gasteiger partial charge in [0.2, 0.25) is 5.91 Å². The number of phenols is 1. The van der Waals surface area contributed by atoms with Gasteiger partial charge in [-0.1, -0.05) is 38.4 Å². The maximum Gasteiger partial charge on any atom is 0.226 e. The first-order valence-electron chi connectivity index (χ1n) is 11.3. The first-order chi connectivity index (χ1) is 15.7. The second kappa shape index (κ2) is 11.6. The third-order valence-electron chi connectivity index (χ3n) is 5.34. The summed E-state index contributed by atoms with van der Waals surface area (Å²) >= 11 is 6.44. The summed E-state index contributed by atoms with van der Waals surface area (Å²) in [5.74, 6) is 0.201. The van der Waals surface area contributed by atoms with Crippen LogP contribution >= 0.6 is 11.6 Å². The van der Waals surface area contributed by atoms with Gasteiger partial charge in [-0.25, -0.2) is 4.39 Å². The Hall–Kier alpha value is -2.51. The van der Waals surface area contributed by atoms with Crippen molar-refractivity contribution in [3.63, 3.8) is 0 Å². The molecule has 0 fully saturated rings. The number of carbonyl (C=O) groups is 1. The predicted molar refractivity (Wildman–Crippen MR) is 126 cm³/mol. The molecule has 1 aliphatic heterocycles. The van der Waals surface area contributed by atoms with Crippen molar-refractivity contribution in [2.75, 3.05) is 26.3 Å². The zero-order chi connectivity index (χ0) is 24.0. The molecule has 0 bridgehead atoms. The van der Waals surface area contributed by atoms with Crippen LogP contribution in [0.3, 0.4) is 0 Å². The molecule has 0 saturated heterocycles. The third-order valence-corrected chi connectivity index (χ3v) is 5.63. The van der Waals surface area contributed by atoms with Crippen LogP contribution in [0.2, 0.25) is 5.02 Å². The van der Waals surface area contributed by atoms with Crippen LogP contribution in [0.4, 0.5) is 4.39 Å². The van der Waals surface area contributed by atoms with Crippen molar-refractivity contribution in [1.29, 1.82) is 0 Å². The summed E-state index contributed by atoms with van der Waals surface area (Å²) in [7, 11) is 0. The number of hydrogen-bond donors (Lipinski definition) is 2. The van der Waals surface area contributed by atoms with Crippen molar-refractivity contribution in [3.8, 4) is 17.2 Å². The van der Waals surface area contributed by atoms with E-state index in [9.17, 15) is 14.3 Å². The number of rotatable bonds is 9. The van der Waals surface area contributed by atoms with Crippen LogP contribution in [0.1, 0.15) is 38.3 Å². The molecule has 1 amide bonds. The molecule has 6 nitrogen and oxygen atoms in total. The van der Waals surface area contributed by atoms with Crippen molar-refractivity contribution >= 4 is 17.5 Å². The van der Waals surface area contributed by atoms with E-state index in [2.05, 4.69) is 19.2 Å². The minimum atomic E-state index is -0.651. The number of aromatic hydroxyl groups is 1. The topological polar surface area (TPSA) is 71.0 Å². The van der Waals surface area contributed by atoms with Crippen molar-refractivity contribution in [2.24, 2.45) is 11.8 Å². The molecule has 0 saturated carbocycles. The fourth-order valence-electron chi connectivity index (χ4n) is 3.77. The molecule has 1 heterocycles. The summed E-state index contributed by atoms with van der Waals surface area (Å²) in [5.41, 5.74) is 1.63. The first-order valence-corrected chi connectivity index (χ1v) is 11.7. The highest BCUT2D eigenvalue weighted by Gasteiger charge is 2.23. The van der Waals surface area contributed by atoms with Gasteiger partial charge in [0.15, 0.2) is 23.1 Å². The Kier molecular flexibility index (Phi) is 8.80. The van der Waals surface area contributed by atoms with Crippen molar-refractivity contribution in [2.45, 2.75) is 40.3 Å². The molecular formula is C25H32ClFN2O4. The first kappa shape index (κ1) is 25.1. The average molecular weight is 479 g/mol. The second-order valence-corrected chi connectivity index (χ2v) is 9.29. The standard InChI is InChI=1S/C25H32ClFN2O4/c1-16(2)14-29(15-19-9-20(26)24-23(11-19)32-7-4-8-33-24)25(31)17(3)12-28-13-18-5-6-21(27)22(30)10-18/h5-6,9-11,16-17,28,30H,4,7-8,12-15H2,1-3H3. The molecule has 0 aromatic heterocycles. The Balaban J connectivity index is 1.65. The Morgan fingerprint density at radius 3 is 2.67 bits per heavy atom. The van der Waals surface area contributed by atoms with Crippen molar-refractivity contribution < 1.29 is 23.8 Å². The third kappa shape index (κ3) is 6.98. The highest BCUT2D eigenvalue weighted by Crippen LogP contribution is 2.38. The van der Waals surface area contributed by atoms with E-state index in [0.717, 1.165) is 17.5 Å². The lowest BCUT2D eigenvalue weighted by molar-refractivity contribution is -0.136. The number of nitrogens with zero attached hydrogens (tertiary/aromatic N) is 1. The molecule has 1 aliphatic rings. The van der Waals surface area contributed by atoms with Crippen molar-refractivity contribution in [3.05, 3.63) is 52.3 Å². The largest absolute Gasteiger partial charge is 0.505 e.